The number of hydrogen-bond acceptors (Lipinski definition) is 4. The van der Waals surface area contributed by atoms with Gasteiger partial charge in [-0.3, -0.25) is 9.59 Å². The van der Waals surface area contributed by atoms with Gasteiger partial charge in [-0.25, -0.2) is 9.69 Å². The van der Waals surface area contributed by atoms with Gasteiger partial charge in [0.25, 0.3) is 0 Å². The van der Waals surface area contributed by atoms with E-state index in [-0.39, 0.29) is 6.42 Å². The number of fused-ring (bicyclic) bond motifs is 1. The minimum absolute atomic E-state index is 0.0484. The number of imide groups is 1. The highest BCUT2D eigenvalue weighted by atomic mass is 16.4. The summed E-state index contributed by atoms with van der Waals surface area (Å²) in [5.41, 5.74) is 7.43. The van der Waals surface area contributed by atoms with Crippen molar-refractivity contribution in [3.63, 3.8) is 0 Å². The third kappa shape index (κ3) is 1.98. The van der Waals surface area contributed by atoms with Crippen LogP contribution in [0.5, 0.6) is 0 Å². The fraction of sp³-hybridized carbons (Fsp3) is 0.250. The van der Waals surface area contributed by atoms with Crippen molar-refractivity contribution in [2.45, 2.75) is 12.8 Å². The zero-order valence-corrected chi connectivity index (χ0v) is 9.55. The third-order valence-corrected chi connectivity index (χ3v) is 2.79. The molecule has 6 heteroatoms. The number of carbonyl (C=O) groups is 3. The van der Waals surface area contributed by atoms with Crippen LogP contribution in [0.3, 0.4) is 0 Å². The molecule has 3 N–H and O–H groups in total. The van der Waals surface area contributed by atoms with Crippen molar-refractivity contribution >= 4 is 23.5 Å². The summed E-state index contributed by atoms with van der Waals surface area (Å²) in [7, 11) is 0. The first-order valence-electron chi connectivity index (χ1n) is 5.46. The molecule has 0 spiro atoms. The SMILES string of the molecule is NCCc1ccc2c(c1)CC(=O)N2C(=O)C(=O)O. The Kier molecular flexibility index (Phi) is 3.12. The molecule has 0 saturated carbocycles. The van der Waals surface area contributed by atoms with Gasteiger partial charge in [0.15, 0.2) is 0 Å². The van der Waals surface area contributed by atoms with Crippen LogP contribution < -0.4 is 10.6 Å². The van der Waals surface area contributed by atoms with Gasteiger partial charge in [-0.1, -0.05) is 12.1 Å². The first-order chi connectivity index (χ1) is 8.54. The molecule has 94 valence electrons. The average Bonchev–Trinajstić information content (AvgIpc) is 2.63. The van der Waals surface area contributed by atoms with E-state index in [9.17, 15) is 14.4 Å². The van der Waals surface area contributed by atoms with Gasteiger partial charge < -0.3 is 10.8 Å². The number of carbonyl (C=O) groups excluding carboxylic acids is 2. The van der Waals surface area contributed by atoms with Gasteiger partial charge in [-0.15, -0.1) is 0 Å². The maximum Gasteiger partial charge on any atom is 0.395 e. The largest absolute Gasteiger partial charge is 0.474 e. The van der Waals surface area contributed by atoms with Crippen LogP contribution in [0.4, 0.5) is 5.69 Å². The lowest BCUT2D eigenvalue weighted by Crippen LogP contribution is -2.38. The molecule has 0 bridgehead atoms. The molecule has 1 aliphatic heterocycles. The van der Waals surface area contributed by atoms with Gasteiger partial charge in [0.2, 0.25) is 5.91 Å². The lowest BCUT2D eigenvalue weighted by atomic mass is 10.1. The van der Waals surface area contributed by atoms with E-state index in [1.165, 1.54) is 0 Å². The van der Waals surface area contributed by atoms with E-state index in [2.05, 4.69) is 0 Å². The molecular formula is C12H12N2O4. The van der Waals surface area contributed by atoms with Crippen molar-refractivity contribution in [1.82, 2.24) is 0 Å². The number of hydrogen-bond donors (Lipinski definition) is 2. The number of carboxylic acids is 1. The molecule has 1 heterocycles. The standard InChI is InChI=1S/C12H12N2O4/c13-4-3-7-1-2-9-8(5-7)6-10(15)14(9)11(16)12(17)18/h1-2,5H,3-4,6,13H2,(H,17,18). The number of aliphatic carboxylic acids is 1. The highest BCUT2D eigenvalue weighted by molar-refractivity contribution is 6.43. The Morgan fingerprint density at radius 2 is 2.11 bits per heavy atom. The van der Waals surface area contributed by atoms with Gasteiger partial charge in [0.05, 0.1) is 12.1 Å². The predicted octanol–water partition coefficient (Wildman–Crippen LogP) is -0.312. The summed E-state index contributed by atoms with van der Waals surface area (Å²) in [6.07, 6.45) is 0.723. The quantitative estimate of drug-likeness (QED) is 0.699. The van der Waals surface area contributed by atoms with Crippen LogP contribution in [0.1, 0.15) is 11.1 Å². The van der Waals surface area contributed by atoms with Crippen LogP contribution in [0.25, 0.3) is 0 Å². The van der Waals surface area contributed by atoms with Crippen LogP contribution in [-0.4, -0.2) is 29.4 Å². The minimum atomic E-state index is -1.64. The Bertz CT molecular complexity index is 539. The third-order valence-electron chi connectivity index (χ3n) is 2.79. The zero-order chi connectivity index (χ0) is 13.3. The first kappa shape index (κ1) is 12.3. The Labute approximate surface area is 103 Å². The summed E-state index contributed by atoms with van der Waals surface area (Å²) >= 11 is 0. The normalized spacial score (nSPS) is 13.6. The Morgan fingerprint density at radius 3 is 2.72 bits per heavy atom. The van der Waals surface area contributed by atoms with Crippen molar-refractivity contribution in [1.29, 1.82) is 0 Å². The number of nitrogens with two attached hydrogens (primary N) is 1. The number of benzene rings is 1. The summed E-state index contributed by atoms with van der Waals surface area (Å²) in [5, 5.41) is 8.66. The van der Waals surface area contributed by atoms with Crippen molar-refractivity contribution < 1.29 is 19.5 Å². The predicted molar refractivity (Wildman–Crippen MR) is 63.0 cm³/mol. The van der Waals surface area contributed by atoms with Gasteiger partial charge in [0, 0.05) is 0 Å². The second-order valence-corrected chi connectivity index (χ2v) is 4.02. The minimum Gasteiger partial charge on any atom is -0.474 e. The van der Waals surface area contributed by atoms with E-state index >= 15 is 0 Å². The maximum atomic E-state index is 11.7. The molecule has 0 saturated heterocycles. The second-order valence-electron chi connectivity index (χ2n) is 4.02. The molecule has 0 atom stereocenters. The van der Waals surface area contributed by atoms with Crippen molar-refractivity contribution in [3.05, 3.63) is 29.3 Å². The molecule has 1 aromatic carbocycles. The number of anilines is 1. The summed E-state index contributed by atoms with van der Waals surface area (Å²) in [4.78, 5) is 34.4. The summed E-state index contributed by atoms with van der Waals surface area (Å²) in [5.74, 6) is -3.37. The summed E-state index contributed by atoms with van der Waals surface area (Å²) in [6, 6.07) is 5.12. The van der Waals surface area contributed by atoms with Crippen LogP contribution >= 0.6 is 0 Å². The molecule has 0 aliphatic carbocycles. The smallest absolute Gasteiger partial charge is 0.395 e. The molecule has 0 radical (unpaired) electrons. The average molecular weight is 248 g/mol. The number of nitrogens with zero attached hydrogens (tertiary/aromatic N) is 1. The Balaban J connectivity index is 2.38. The second kappa shape index (κ2) is 4.58. The van der Waals surface area contributed by atoms with E-state index in [1.54, 1.807) is 18.2 Å². The van der Waals surface area contributed by atoms with E-state index in [0.29, 0.717) is 29.1 Å². The Morgan fingerprint density at radius 1 is 1.39 bits per heavy atom. The molecular weight excluding hydrogens is 236 g/mol. The topological polar surface area (TPSA) is 101 Å². The van der Waals surface area contributed by atoms with Gasteiger partial charge in [-0.2, -0.15) is 0 Å². The van der Waals surface area contributed by atoms with Gasteiger partial charge in [0.1, 0.15) is 0 Å². The molecule has 0 aromatic heterocycles. The van der Waals surface area contributed by atoms with Crippen molar-refractivity contribution in [3.8, 4) is 0 Å². The zero-order valence-electron chi connectivity index (χ0n) is 9.55. The monoisotopic (exact) mass is 248 g/mol. The molecule has 1 aliphatic rings. The van der Waals surface area contributed by atoms with Crippen LogP contribution in [0, 0.1) is 0 Å². The fourth-order valence-electron chi connectivity index (χ4n) is 2.02. The van der Waals surface area contributed by atoms with Crippen LogP contribution in [0.15, 0.2) is 18.2 Å². The van der Waals surface area contributed by atoms with Crippen molar-refractivity contribution in [2.75, 3.05) is 11.4 Å². The molecule has 18 heavy (non-hydrogen) atoms. The summed E-state index contributed by atoms with van der Waals surface area (Å²) in [6.45, 7) is 0.491. The molecule has 2 amide bonds. The highest BCUT2D eigenvalue weighted by Crippen LogP contribution is 2.29. The molecule has 0 unspecified atom stereocenters. The van der Waals surface area contributed by atoms with E-state index < -0.39 is 17.8 Å². The maximum absolute atomic E-state index is 11.7. The van der Waals surface area contributed by atoms with Crippen molar-refractivity contribution in [2.24, 2.45) is 5.73 Å². The number of amides is 2. The van der Waals surface area contributed by atoms with Gasteiger partial charge in [-0.05, 0) is 30.2 Å². The first-order valence-corrected chi connectivity index (χ1v) is 5.46. The Hall–Kier alpha value is -2.21. The van der Waals surface area contributed by atoms with E-state index in [1.807, 2.05) is 0 Å². The van der Waals surface area contributed by atoms with Crippen LogP contribution in [-0.2, 0) is 27.2 Å². The lowest BCUT2D eigenvalue weighted by molar-refractivity contribution is -0.149. The number of carboxylic acid groups (broad SMARTS) is 1. The lowest BCUT2D eigenvalue weighted by Gasteiger charge is -2.12. The van der Waals surface area contributed by atoms with Gasteiger partial charge >= 0.3 is 11.9 Å². The molecule has 6 nitrogen and oxygen atoms in total. The summed E-state index contributed by atoms with van der Waals surface area (Å²) < 4.78 is 0. The highest BCUT2D eigenvalue weighted by Gasteiger charge is 2.35. The van der Waals surface area contributed by atoms with E-state index in [4.69, 9.17) is 10.8 Å². The fourth-order valence-corrected chi connectivity index (χ4v) is 2.02. The molecule has 0 fully saturated rings. The van der Waals surface area contributed by atoms with Crippen LogP contribution in [0.2, 0.25) is 0 Å². The molecule has 1 aromatic rings. The number of rotatable bonds is 2. The van der Waals surface area contributed by atoms with E-state index in [0.717, 1.165) is 5.56 Å². The molecule has 2 rings (SSSR count).